The number of nitrogens with two attached hydrogens (primary N) is 1. The zero-order chi connectivity index (χ0) is 36.7. The fourth-order valence-electron chi connectivity index (χ4n) is 3.80. The number of urea groups is 1. The molecule has 0 spiro atoms. The predicted molar refractivity (Wildman–Crippen MR) is 165 cm³/mol. The molecule has 1 rings (SSSR count). The van der Waals surface area contributed by atoms with Crippen LogP contribution >= 0.6 is 0 Å². The maximum Gasteiger partial charge on any atom is 0.490 e. The minimum Gasteiger partial charge on any atom is -0.480 e. The number of esters is 1. The molecular formula is C30H46F3N5O10. The summed E-state index contributed by atoms with van der Waals surface area (Å²) < 4.78 is 42.0. The lowest BCUT2D eigenvalue weighted by Gasteiger charge is -2.25. The number of ether oxygens (including phenoxy) is 2. The normalized spacial score (nSPS) is 12.7. The lowest BCUT2D eigenvalue weighted by Crippen LogP contribution is -2.56. The first-order valence-corrected chi connectivity index (χ1v) is 15.2. The molecule has 0 radical (unpaired) electrons. The number of carboxylic acids is 2. The van der Waals surface area contributed by atoms with Crippen LogP contribution in [0.3, 0.4) is 0 Å². The van der Waals surface area contributed by atoms with Gasteiger partial charge in [-0.1, -0.05) is 44.2 Å². The molecule has 1 aromatic rings. The van der Waals surface area contributed by atoms with E-state index in [0.29, 0.717) is 32.2 Å². The molecule has 1 aromatic carbocycles. The number of rotatable bonds is 19. The maximum absolute atomic E-state index is 13.1. The van der Waals surface area contributed by atoms with Crippen LogP contribution in [0.15, 0.2) is 30.3 Å². The van der Waals surface area contributed by atoms with Gasteiger partial charge in [0.15, 0.2) is 0 Å². The van der Waals surface area contributed by atoms with E-state index in [1.807, 2.05) is 30.3 Å². The maximum atomic E-state index is 13.1. The van der Waals surface area contributed by atoms with E-state index < -0.39 is 60.2 Å². The van der Waals surface area contributed by atoms with E-state index in [4.69, 9.17) is 25.1 Å². The molecule has 0 bridgehead atoms. The van der Waals surface area contributed by atoms with Crippen LogP contribution in [0.2, 0.25) is 0 Å². The van der Waals surface area contributed by atoms with Crippen molar-refractivity contribution in [3.05, 3.63) is 35.9 Å². The van der Waals surface area contributed by atoms with Crippen molar-refractivity contribution in [1.82, 2.24) is 21.3 Å². The molecule has 0 aromatic heterocycles. The largest absolute Gasteiger partial charge is 0.490 e. The summed E-state index contributed by atoms with van der Waals surface area (Å²) in [6.07, 6.45) is -3.31. The third-order valence-corrected chi connectivity index (χ3v) is 6.32. The van der Waals surface area contributed by atoms with Gasteiger partial charge in [-0.05, 0) is 63.5 Å². The van der Waals surface area contributed by atoms with Gasteiger partial charge in [0, 0.05) is 6.54 Å². The molecule has 0 saturated heterocycles. The Kier molecular flexibility index (Phi) is 21.4. The van der Waals surface area contributed by atoms with Crippen molar-refractivity contribution >= 4 is 35.9 Å². The molecule has 0 fully saturated rings. The molecular weight excluding hydrogens is 647 g/mol. The minimum absolute atomic E-state index is 0.134. The van der Waals surface area contributed by atoms with Crippen molar-refractivity contribution in [3.63, 3.8) is 0 Å². The highest BCUT2D eigenvalue weighted by Gasteiger charge is 2.38. The smallest absolute Gasteiger partial charge is 0.480 e. The van der Waals surface area contributed by atoms with Gasteiger partial charge in [-0.15, -0.1) is 0 Å². The summed E-state index contributed by atoms with van der Waals surface area (Å²) in [5.41, 5.74) is 6.32. The summed E-state index contributed by atoms with van der Waals surface area (Å²) in [6.45, 7) is 6.10. The van der Waals surface area contributed by atoms with E-state index in [2.05, 4.69) is 21.3 Å². The fraction of sp³-hybridized carbons (Fsp3) is 0.600. The highest BCUT2D eigenvalue weighted by molar-refractivity contribution is 5.91. The van der Waals surface area contributed by atoms with E-state index in [-0.39, 0.29) is 38.5 Å². The number of benzene rings is 1. The minimum atomic E-state index is -5.08. The number of alkyl halides is 3. The second-order valence-corrected chi connectivity index (χ2v) is 10.6. The first-order valence-electron chi connectivity index (χ1n) is 15.2. The van der Waals surface area contributed by atoms with Gasteiger partial charge in [0.25, 0.3) is 0 Å². The average molecular weight is 694 g/mol. The predicted octanol–water partition coefficient (Wildman–Crippen LogP) is 2.67. The fourth-order valence-corrected chi connectivity index (χ4v) is 3.80. The molecule has 0 heterocycles. The van der Waals surface area contributed by atoms with Gasteiger partial charge < -0.3 is 46.7 Å². The van der Waals surface area contributed by atoms with E-state index in [1.165, 1.54) is 0 Å². The zero-order valence-electron chi connectivity index (χ0n) is 27.1. The molecule has 0 aliphatic carbocycles. The number of unbranched alkanes of at least 4 members (excludes halogenated alkanes) is 2. The Morgan fingerprint density at radius 3 is 1.94 bits per heavy atom. The molecule has 272 valence electrons. The second-order valence-electron chi connectivity index (χ2n) is 10.6. The van der Waals surface area contributed by atoms with Gasteiger partial charge in [0.2, 0.25) is 5.91 Å². The third kappa shape index (κ3) is 19.8. The van der Waals surface area contributed by atoms with Crippen molar-refractivity contribution in [3.8, 4) is 0 Å². The number of carboxylic acid groups (broad SMARTS) is 2. The van der Waals surface area contributed by atoms with Crippen LogP contribution in [0.5, 0.6) is 0 Å². The topological polar surface area (TPSA) is 235 Å². The Morgan fingerprint density at radius 2 is 1.42 bits per heavy atom. The molecule has 0 aliphatic heterocycles. The first kappa shape index (κ1) is 43.4. The summed E-state index contributed by atoms with van der Waals surface area (Å²) in [5.74, 6) is -5.45. The van der Waals surface area contributed by atoms with Crippen LogP contribution < -0.4 is 27.0 Å². The standard InChI is InChI=1S/C28H45N5O8.C2HF3O2/c1-4-40-26(37)23(19(2)3)33-24(34)21(31-27(38)32-22(25(35)36)15-8-10-16-29)14-9-11-17-30-28(39)41-18-20-12-6-5-7-13-20;3-2(4,5)1(6)7/h5-7,12-13,19,21-23H,4,8-11,14-18,29H2,1-3H3,(H,30,39)(H,33,34)(H,35,36)(H2,31,32,38);(H,6,7)/t21-,22+,23+;/m1./s1. The molecule has 0 unspecified atom stereocenters. The van der Waals surface area contributed by atoms with E-state index in [1.54, 1.807) is 20.8 Å². The van der Waals surface area contributed by atoms with Crippen LogP contribution in [0.1, 0.15) is 64.9 Å². The zero-order valence-corrected chi connectivity index (χ0v) is 27.1. The summed E-state index contributed by atoms with van der Waals surface area (Å²) in [5, 5.41) is 26.8. The summed E-state index contributed by atoms with van der Waals surface area (Å²) in [6, 6.07) is 5.24. The quantitative estimate of drug-likeness (QED) is 0.0822. The van der Waals surface area contributed by atoms with Crippen molar-refractivity contribution in [1.29, 1.82) is 0 Å². The highest BCUT2D eigenvalue weighted by Crippen LogP contribution is 2.13. The number of halogens is 3. The van der Waals surface area contributed by atoms with Crippen LogP contribution in [0.4, 0.5) is 22.8 Å². The molecule has 18 heteroatoms. The number of aliphatic carboxylic acids is 2. The Hall–Kier alpha value is -4.61. The number of amides is 4. The molecule has 4 amide bonds. The van der Waals surface area contributed by atoms with Crippen LogP contribution in [0, 0.1) is 5.92 Å². The summed E-state index contributed by atoms with van der Waals surface area (Å²) in [4.78, 5) is 70.6. The molecule has 3 atom stereocenters. The van der Waals surface area contributed by atoms with Crippen LogP contribution in [-0.4, -0.2) is 90.2 Å². The summed E-state index contributed by atoms with van der Waals surface area (Å²) >= 11 is 0. The highest BCUT2D eigenvalue weighted by atomic mass is 19.4. The Bertz CT molecular complexity index is 1160. The van der Waals surface area contributed by atoms with Gasteiger partial charge >= 0.3 is 36.2 Å². The van der Waals surface area contributed by atoms with E-state index in [0.717, 1.165) is 5.56 Å². The Balaban J connectivity index is 0.00000282. The van der Waals surface area contributed by atoms with Gasteiger partial charge in [-0.3, -0.25) is 4.79 Å². The number of carbonyl (C=O) groups is 6. The van der Waals surface area contributed by atoms with Crippen molar-refractivity contribution < 1.29 is 61.6 Å². The molecule has 8 N–H and O–H groups in total. The molecule has 0 aliphatic rings. The SMILES string of the molecule is CCOC(=O)[C@@H](NC(=O)[C@@H](CCCCNC(=O)OCc1ccccc1)NC(=O)N[C@@H](CCCCN)C(=O)O)C(C)C.O=C(O)C(F)(F)F. The van der Waals surface area contributed by atoms with Crippen LogP contribution in [0.25, 0.3) is 0 Å². The lowest BCUT2D eigenvalue weighted by molar-refractivity contribution is -0.192. The van der Waals surface area contributed by atoms with Gasteiger partial charge in [-0.25, -0.2) is 24.0 Å². The Labute approximate surface area is 276 Å². The molecule has 0 saturated carbocycles. The number of nitrogens with one attached hydrogen (secondary N) is 4. The lowest BCUT2D eigenvalue weighted by atomic mass is 10.0. The summed E-state index contributed by atoms with van der Waals surface area (Å²) in [7, 11) is 0. The van der Waals surface area contributed by atoms with Crippen molar-refractivity contribution in [2.75, 3.05) is 19.7 Å². The monoisotopic (exact) mass is 693 g/mol. The number of hydrogen-bond acceptors (Lipinski definition) is 9. The van der Waals surface area contributed by atoms with E-state index in [9.17, 15) is 42.3 Å². The number of alkyl carbamates (subject to hydrolysis) is 1. The van der Waals surface area contributed by atoms with Gasteiger partial charge in [-0.2, -0.15) is 13.2 Å². The Morgan fingerprint density at radius 1 is 0.854 bits per heavy atom. The average Bonchev–Trinajstić information content (AvgIpc) is 3.01. The molecule has 15 nitrogen and oxygen atoms in total. The van der Waals surface area contributed by atoms with Gasteiger partial charge in [0.1, 0.15) is 24.7 Å². The first-order chi connectivity index (χ1) is 22.5. The van der Waals surface area contributed by atoms with Crippen molar-refractivity contribution in [2.24, 2.45) is 11.7 Å². The number of carbonyl (C=O) groups excluding carboxylic acids is 4. The third-order valence-electron chi connectivity index (χ3n) is 6.32. The molecule has 48 heavy (non-hydrogen) atoms. The van der Waals surface area contributed by atoms with Crippen molar-refractivity contribution in [2.45, 2.75) is 90.2 Å². The van der Waals surface area contributed by atoms with E-state index >= 15 is 0 Å². The second kappa shape index (κ2) is 23.7. The number of hydrogen-bond donors (Lipinski definition) is 7. The van der Waals surface area contributed by atoms with Gasteiger partial charge in [0.05, 0.1) is 6.61 Å². The van der Waals surface area contributed by atoms with Crippen LogP contribution in [-0.2, 0) is 35.3 Å².